The van der Waals surface area contributed by atoms with E-state index in [1.54, 1.807) is 54.6 Å². The molecule has 0 aromatic heterocycles. The molecule has 3 aromatic carbocycles. The molecule has 3 rings (SSSR count). The van der Waals surface area contributed by atoms with E-state index < -0.39 is 10.7 Å². The highest BCUT2D eigenvalue weighted by Gasteiger charge is 2.19. The SMILES string of the molecule is O=C(Cc1ccc(Cl)cc1)Nc1ccc([N+](=O)[O-])cc1C(=O)c1ccccc1. The molecular formula is C21H15ClN2O4. The van der Waals surface area contributed by atoms with Crippen LogP contribution in [0.2, 0.25) is 5.02 Å². The number of non-ortho nitro benzene ring substituents is 1. The van der Waals surface area contributed by atoms with Crippen molar-refractivity contribution in [2.75, 3.05) is 5.32 Å². The van der Waals surface area contributed by atoms with Crippen molar-refractivity contribution in [1.82, 2.24) is 0 Å². The minimum atomic E-state index is -0.582. The molecule has 0 saturated carbocycles. The molecule has 0 unspecified atom stereocenters. The maximum Gasteiger partial charge on any atom is 0.270 e. The summed E-state index contributed by atoms with van der Waals surface area (Å²) in [5.41, 5.74) is 1.18. The molecule has 28 heavy (non-hydrogen) atoms. The first-order valence-corrected chi connectivity index (χ1v) is 8.74. The summed E-state index contributed by atoms with van der Waals surface area (Å²) in [6.07, 6.45) is 0.0765. The van der Waals surface area contributed by atoms with Crippen molar-refractivity contribution in [3.05, 3.63) is 105 Å². The van der Waals surface area contributed by atoms with Crippen molar-refractivity contribution in [2.24, 2.45) is 0 Å². The number of halogens is 1. The van der Waals surface area contributed by atoms with Gasteiger partial charge in [-0.15, -0.1) is 0 Å². The molecule has 0 aliphatic rings. The quantitative estimate of drug-likeness (QED) is 0.374. The van der Waals surface area contributed by atoms with Crippen LogP contribution in [0.5, 0.6) is 0 Å². The lowest BCUT2D eigenvalue weighted by atomic mass is 10.0. The van der Waals surface area contributed by atoms with E-state index in [0.29, 0.717) is 10.6 Å². The van der Waals surface area contributed by atoms with Crippen LogP contribution in [0.3, 0.4) is 0 Å². The molecule has 0 atom stereocenters. The number of carbonyl (C=O) groups is 2. The van der Waals surface area contributed by atoms with Crippen molar-refractivity contribution in [3.63, 3.8) is 0 Å². The molecule has 1 N–H and O–H groups in total. The largest absolute Gasteiger partial charge is 0.325 e. The number of amides is 1. The van der Waals surface area contributed by atoms with Crippen LogP contribution in [0, 0.1) is 10.1 Å². The van der Waals surface area contributed by atoms with Gasteiger partial charge in [-0.25, -0.2) is 0 Å². The molecule has 1 amide bonds. The first-order chi connectivity index (χ1) is 13.4. The zero-order chi connectivity index (χ0) is 20.1. The van der Waals surface area contributed by atoms with Crippen LogP contribution in [0.25, 0.3) is 0 Å². The Morgan fingerprint density at radius 1 is 0.964 bits per heavy atom. The van der Waals surface area contributed by atoms with Gasteiger partial charge in [-0.3, -0.25) is 19.7 Å². The summed E-state index contributed by atoms with van der Waals surface area (Å²) in [6, 6.07) is 19.0. The Bertz CT molecular complexity index is 1030. The number of nitrogens with one attached hydrogen (secondary N) is 1. The van der Waals surface area contributed by atoms with Crippen LogP contribution in [0.15, 0.2) is 72.8 Å². The van der Waals surface area contributed by atoms with Crippen LogP contribution < -0.4 is 5.32 Å². The average Bonchev–Trinajstić information content (AvgIpc) is 2.70. The number of carbonyl (C=O) groups excluding carboxylic acids is 2. The smallest absolute Gasteiger partial charge is 0.270 e. The topological polar surface area (TPSA) is 89.3 Å². The highest BCUT2D eigenvalue weighted by molar-refractivity contribution is 6.30. The van der Waals surface area contributed by atoms with E-state index in [4.69, 9.17) is 11.6 Å². The maximum atomic E-state index is 12.8. The lowest BCUT2D eigenvalue weighted by molar-refractivity contribution is -0.384. The van der Waals surface area contributed by atoms with E-state index in [1.165, 1.54) is 18.2 Å². The fourth-order valence-electron chi connectivity index (χ4n) is 2.67. The van der Waals surface area contributed by atoms with Crippen molar-refractivity contribution >= 4 is 34.7 Å². The van der Waals surface area contributed by atoms with Gasteiger partial charge < -0.3 is 5.32 Å². The molecule has 0 saturated heterocycles. The second-order valence-corrected chi connectivity index (χ2v) is 6.47. The lowest BCUT2D eigenvalue weighted by Gasteiger charge is -2.11. The molecule has 7 heteroatoms. The number of nitro benzene ring substituents is 1. The highest BCUT2D eigenvalue weighted by Crippen LogP contribution is 2.25. The van der Waals surface area contributed by atoms with Gasteiger partial charge in [0.2, 0.25) is 5.91 Å². The summed E-state index contributed by atoms with van der Waals surface area (Å²) in [7, 11) is 0. The van der Waals surface area contributed by atoms with Gasteiger partial charge in [-0.2, -0.15) is 0 Å². The predicted octanol–water partition coefficient (Wildman–Crippen LogP) is 4.66. The van der Waals surface area contributed by atoms with Gasteiger partial charge in [0.05, 0.1) is 22.6 Å². The van der Waals surface area contributed by atoms with Gasteiger partial charge in [-0.1, -0.05) is 54.1 Å². The maximum absolute atomic E-state index is 12.8. The molecule has 0 bridgehead atoms. The Kier molecular flexibility index (Phi) is 5.81. The standard InChI is InChI=1S/C21H15ClN2O4/c22-16-8-6-14(7-9-16)12-20(25)23-19-11-10-17(24(27)28)13-18(19)21(26)15-4-2-1-3-5-15/h1-11,13H,12H2,(H,23,25). The second-order valence-electron chi connectivity index (χ2n) is 6.03. The van der Waals surface area contributed by atoms with Crippen LogP contribution in [-0.4, -0.2) is 16.6 Å². The number of benzene rings is 3. The average molecular weight is 395 g/mol. The number of rotatable bonds is 6. The zero-order valence-electron chi connectivity index (χ0n) is 14.6. The first kappa shape index (κ1) is 19.3. The summed E-state index contributed by atoms with van der Waals surface area (Å²) in [4.78, 5) is 35.8. The van der Waals surface area contributed by atoms with Crippen molar-refractivity contribution in [1.29, 1.82) is 0 Å². The molecule has 0 aliphatic carbocycles. The Balaban J connectivity index is 1.89. The van der Waals surface area contributed by atoms with Crippen LogP contribution in [0.1, 0.15) is 21.5 Å². The van der Waals surface area contributed by atoms with E-state index in [0.717, 1.165) is 5.56 Å². The third-order valence-electron chi connectivity index (χ3n) is 4.05. The number of ketones is 1. The summed E-state index contributed by atoms with van der Waals surface area (Å²) >= 11 is 5.84. The van der Waals surface area contributed by atoms with Crippen LogP contribution >= 0.6 is 11.6 Å². The minimum Gasteiger partial charge on any atom is -0.325 e. The Labute approximate surface area is 165 Å². The summed E-state index contributed by atoms with van der Waals surface area (Å²) in [5.74, 6) is -0.760. The molecule has 0 heterocycles. The number of nitrogens with zero attached hydrogens (tertiary/aromatic N) is 1. The first-order valence-electron chi connectivity index (χ1n) is 8.36. The van der Waals surface area contributed by atoms with E-state index in [1.807, 2.05) is 0 Å². The van der Waals surface area contributed by atoms with Crippen LogP contribution in [0.4, 0.5) is 11.4 Å². The fourth-order valence-corrected chi connectivity index (χ4v) is 2.80. The number of nitro groups is 1. The van der Waals surface area contributed by atoms with E-state index in [9.17, 15) is 19.7 Å². The molecule has 140 valence electrons. The lowest BCUT2D eigenvalue weighted by Crippen LogP contribution is -2.17. The van der Waals surface area contributed by atoms with E-state index >= 15 is 0 Å². The van der Waals surface area contributed by atoms with Crippen LogP contribution in [-0.2, 0) is 11.2 Å². The van der Waals surface area contributed by atoms with Gasteiger partial charge >= 0.3 is 0 Å². The summed E-state index contributed by atoms with van der Waals surface area (Å²) in [6.45, 7) is 0. The third-order valence-corrected chi connectivity index (χ3v) is 4.30. The molecule has 0 spiro atoms. The van der Waals surface area contributed by atoms with Gasteiger partial charge in [-0.05, 0) is 23.8 Å². The van der Waals surface area contributed by atoms with E-state index in [2.05, 4.69) is 5.32 Å². The van der Waals surface area contributed by atoms with Crippen molar-refractivity contribution in [2.45, 2.75) is 6.42 Å². The number of hydrogen-bond donors (Lipinski definition) is 1. The molecule has 6 nitrogen and oxygen atoms in total. The third kappa shape index (κ3) is 4.61. The summed E-state index contributed by atoms with van der Waals surface area (Å²) < 4.78 is 0. The van der Waals surface area contributed by atoms with Gasteiger partial charge in [0.25, 0.3) is 5.69 Å². The molecule has 0 fully saturated rings. The highest BCUT2D eigenvalue weighted by atomic mass is 35.5. The zero-order valence-corrected chi connectivity index (χ0v) is 15.3. The monoisotopic (exact) mass is 394 g/mol. The summed E-state index contributed by atoms with van der Waals surface area (Å²) in [5, 5.41) is 14.4. The van der Waals surface area contributed by atoms with Crippen molar-refractivity contribution in [3.8, 4) is 0 Å². The Hall–Kier alpha value is -3.51. The second kappa shape index (κ2) is 8.45. The van der Waals surface area contributed by atoms with Gasteiger partial charge in [0.15, 0.2) is 5.78 Å². The molecule has 0 aliphatic heterocycles. The van der Waals surface area contributed by atoms with Crippen molar-refractivity contribution < 1.29 is 14.5 Å². The minimum absolute atomic E-state index is 0.0601. The normalized spacial score (nSPS) is 10.3. The molecule has 3 aromatic rings. The van der Waals surface area contributed by atoms with Gasteiger partial charge in [0.1, 0.15) is 0 Å². The number of anilines is 1. The predicted molar refractivity (Wildman–Crippen MR) is 107 cm³/mol. The Morgan fingerprint density at radius 3 is 2.29 bits per heavy atom. The Morgan fingerprint density at radius 2 is 1.64 bits per heavy atom. The van der Waals surface area contributed by atoms with Gasteiger partial charge in [0, 0.05) is 22.7 Å². The molecule has 0 radical (unpaired) electrons. The fraction of sp³-hybridized carbons (Fsp3) is 0.0476. The number of hydrogen-bond acceptors (Lipinski definition) is 4. The van der Waals surface area contributed by atoms with E-state index in [-0.39, 0.29) is 29.3 Å². The molecular weight excluding hydrogens is 380 g/mol.